The van der Waals surface area contributed by atoms with Gasteiger partial charge in [-0.05, 0) is 24.6 Å². The fourth-order valence-corrected chi connectivity index (χ4v) is 2.17. The second kappa shape index (κ2) is 3.34. The lowest BCUT2D eigenvalue weighted by Gasteiger charge is -1.92. The molecule has 0 unspecified atom stereocenters. The third-order valence-electron chi connectivity index (χ3n) is 1.78. The first-order valence-corrected chi connectivity index (χ1v) is 4.79. The van der Waals surface area contributed by atoms with Crippen LogP contribution in [0.2, 0.25) is 0 Å². The minimum Gasteiger partial charge on any atom is -0.305 e. The molecule has 0 bridgehead atoms. The number of carbonyl (C=O) groups excluding carboxylic acids is 1. The number of rotatable bonds is 2. The van der Waals surface area contributed by atoms with Crippen LogP contribution in [0.25, 0.3) is 10.2 Å². The third kappa shape index (κ3) is 1.46. The maximum atomic E-state index is 13.3. The Morgan fingerprint density at radius 1 is 1.57 bits per heavy atom. The maximum Gasteiger partial charge on any atom is 0.213 e. The molecule has 72 valence electrons. The van der Waals surface area contributed by atoms with Crippen molar-refractivity contribution in [1.29, 1.82) is 0 Å². The van der Waals surface area contributed by atoms with E-state index in [0.717, 1.165) is 10.3 Å². The molecule has 1 amide bonds. The van der Waals surface area contributed by atoms with E-state index < -0.39 is 0 Å². The summed E-state index contributed by atoms with van der Waals surface area (Å²) >= 11 is 1.26. The first kappa shape index (κ1) is 9.08. The Morgan fingerprint density at radius 2 is 2.36 bits per heavy atom. The Morgan fingerprint density at radius 3 is 3.07 bits per heavy atom. The van der Waals surface area contributed by atoms with Crippen LogP contribution in [0, 0.1) is 12.7 Å². The minimum atomic E-state index is -0.352. The summed E-state index contributed by atoms with van der Waals surface area (Å²) in [7, 11) is 0. The van der Waals surface area contributed by atoms with Gasteiger partial charge in [0.2, 0.25) is 6.41 Å². The average molecular weight is 210 g/mol. The first-order valence-electron chi connectivity index (χ1n) is 3.97. The fraction of sp³-hybridized carbons (Fsp3) is 0.111. The van der Waals surface area contributed by atoms with Gasteiger partial charge in [0.15, 0.2) is 10.9 Å². The van der Waals surface area contributed by atoms with Gasteiger partial charge in [-0.1, -0.05) is 11.3 Å². The molecule has 3 nitrogen and oxygen atoms in total. The van der Waals surface area contributed by atoms with E-state index in [0.29, 0.717) is 17.1 Å². The van der Waals surface area contributed by atoms with Gasteiger partial charge in [-0.15, -0.1) is 0 Å². The Hall–Kier alpha value is -1.49. The number of thiazole rings is 1. The van der Waals surface area contributed by atoms with Crippen LogP contribution in [-0.2, 0) is 4.79 Å². The number of aryl methyl sites for hydroxylation is 1. The zero-order valence-corrected chi connectivity index (χ0v) is 8.19. The molecule has 1 aromatic carbocycles. The molecular weight excluding hydrogens is 203 g/mol. The largest absolute Gasteiger partial charge is 0.305 e. The highest BCUT2D eigenvalue weighted by Gasteiger charge is 2.08. The van der Waals surface area contributed by atoms with Crippen molar-refractivity contribution in [2.24, 2.45) is 0 Å². The second-order valence-corrected chi connectivity index (χ2v) is 3.91. The summed E-state index contributed by atoms with van der Waals surface area (Å²) in [5.74, 6) is -0.352. The molecule has 5 heteroatoms. The van der Waals surface area contributed by atoms with Crippen molar-refractivity contribution in [3.05, 3.63) is 23.5 Å². The minimum absolute atomic E-state index is 0.310. The third-order valence-corrected chi connectivity index (χ3v) is 2.71. The highest BCUT2D eigenvalue weighted by atomic mass is 32.1. The van der Waals surface area contributed by atoms with Crippen molar-refractivity contribution in [2.75, 3.05) is 5.32 Å². The van der Waals surface area contributed by atoms with Crippen molar-refractivity contribution in [3.63, 3.8) is 0 Å². The lowest BCUT2D eigenvalue weighted by atomic mass is 10.2. The summed E-state index contributed by atoms with van der Waals surface area (Å²) in [6, 6.07) is 3.26. The zero-order valence-electron chi connectivity index (χ0n) is 7.37. The van der Waals surface area contributed by atoms with Gasteiger partial charge in [-0.2, -0.15) is 0 Å². The molecule has 2 rings (SSSR count). The predicted molar refractivity (Wildman–Crippen MR) is 54.0 cm³/mol. The van der Waals surface area contributed by atoms with Crippen molar-refractivity contribution >= 4 is 33.1 Å². The van der Waals surface area contributed by atoms with E-state index in [4.69, 9.17) is 0 Å². The van der Waals surface area contributed by atoms with E-state index in [-0.39, 0.29) is 5.82 Å². The number of benzene rings is 1. The van der Waals surface area contributed by atoms with Crippen LogP contribution in [-0.4, -0.2) is 11.4 Å². The van der Waals surface area contributed by atoms with Crippen molar-refractivity contribution in [3.8, 4) is 0 Å². The molecule has 0 saturated heterocycles. The molecule has 1 aromatic heterocycles. The molecule has 0 aliphatic rings. The fourth-order valence-electron chi connectivity index (χ4n) is 1.23. The second-order valence-electron chi connectivity index (χ2n) is 2.87. The molecule has 0 aliphatic carbocycles. The summed E-state index contributed by atoms with van der Waals surface area (Å²) in [4.78, 5) is 14.1. The number of aromatic nitrogens is 1. The van der Waals surface area contributed by atoms with E-state index >= 15 is 0 Å². The van der Waals surface area contributed by atoms with Crippen molar-refractivity contribution < 1.29 is 9.18 Å². The van der Waals surface area contributed by atoms with E-state index in [2.05, 4.69) is 10.3 Å². The number of hydrogen-bond acceptors (Lipinski definition) is 3. The van der Waals surface area contributed by atoms with Crippen LogP contribution in [0.1, 0.15) is 5.56 Å². The molecule has 2 aromatic rings. The Bertz CT molecular complexity index is 495. The topological polar surface area (TPSA) is 42.0 Å². The van der Waals surface area contributed by atoms with Crippen LogP contribution in [0.5, 0.6) is 0 Å². The first-order chi connectivity index (χ1) is 6.70. The molecule has 0 aliphatic heterocycles. The van der Waals surface area contributed by atoms with E-state index in [1.54, 1.807) is 0 Å². The Balaban J connectivity index is 2.64. The quantitative estimate of drug-likeness (QED) is 0.773. The molecule has 0 saturated carbocycles. The number of amides is 1. The van der Waals surface area contributed by atoms with Crippen LogP contribution in [0.4, 0.5) is 9.52 Å². The predicted octanol–water partition coefficient (Wildman–Crippen LogP) is 2.31. The molecule has 0 atom stereocenters. The summed E-state index contributed by atoms with van der Waals surface area (Å²) in [6.45, 7) is 1.81. The van der Waals surface area contributed by atoms with E-state index in [1.165, 1.54) is 17.4 Å². The Labute approximate surface area is 83.6 Å². The number of nitrogens with zero attached hydrogens (tertiary/aromatic N) is 1. The standard InChI is InChI=1S/C9H7FN2OS/c1-5-2-6(10)8-7(3-5)14-9(12-8)11-4-13/h2-4H,1H3,(H,11,12,13). The Kier molecular flexibility index (Phi) is 2.17. The number of halogens is 1. The highest BCUT2D eigenvalue weighted by Crippen LogP contribution is 2.28. The molecule has 0 radical (unpaired) electrons. The van der Waals surface area contributed by atoms with Gasteiger partial charge in [0.05, 0.1) is 4.70 Å². The maximum absolute atomic E-state index is 13.3. The normalized spacial score (nSPS) is 10.4. The van der Waals surface area contributed by atoms with E-state index in [9.17, 15) is 9.18 Å². The van der Waals surface area contributed by atoms with Crippen LogP contribution < -0.4 is 5.32 Å². The van der Waals surface area contributed by atoms with Gasteiger partial charge in [-0.3, -0.25) is 4.79 Å². The van der Waals surface area contributed by atoms with Gasteiger partial charge in [0.1, 0.15) is 5.52 Å². The molecular formula is C9H7FN2OS. The van der Waals surface area contributed by atoms with E-state index in [1.807, 2.05) is 13.0 Å². The van der Waals surface area contributed by atoms with Crippen molar-refractivity contribution in [1.82, 2.24) is 4.98 Å². The molecule has 14 heavy (non-hydrogen) atoms. The molecule has 0 spiro atoms. The summed E-state index contributed by atoms with van der Waals surface area (Å²) in [5, 5.41) is 2.82. The van der Waals surface area contributed by atoms with Crippen LogP contribution >= 0.6 is 11.3 Å². The molecule has 1 N–H and O–H groups in total. The van der Waals surface area contributed by atoms with Crippen LogP contribution in [0.3, 0.4) is 0 Å². The highest BCUT2D eigenvalue weighted by molar-refractivity contribution is 7.22. The molecule has 0 fully saturated rings. The zero-order chi connectivity index (χ0) is 10.1. The SMILES string of the molecule is Cc1cc(F)c2nc(NC=O)sc2c1. The average Bonchev–Trinajstić information content (AvgIpc) is 2.48. The number of anilines is 1. The number of nitrogens with one attached hydrogen (secondary N) is 1. The smallest absolute Gasteiger partial charge is 0.213 e. The summed E-state index contributed by atoms with van der Waals surface area (Å²) in [5.41, 5.74) is 1.15. The number of carbonyl (C=O) groups is 1. The molecule has 1 heterocycles. The number of hydrogen-bond donors (Lipinski definition) is 1. The van der Waals surface area contributed by atoms with Gasteiger partial charge >= 0.3 is 0 Å². The number of fused-ring (bicyclic) bond motifs is 1. The summed E-state index contributed by atoms with van der Waals surface area (Å²) in [6.07, 6.45) is 0.530. The van der Waals surface area contributed by atoms with Gasteiger partial charge in [-0.25, -0.2) is 9.37 Å². The van der Waals surface area contributed by atoms with Crippen LogP contribution in [0.15, 0.2) is 12.1 Å². The van der Waals surface area contributed by atoms with Gasteiger partial charge in [0.25, 0.3) is 0 Å². The summed E-state index contributed by atoms with van der Waals surface area (Å²) < 4.78 is 14.1. The lowest BCUT2D eigenvalue weighted by Crippen LogP contribution is -1.91. The van der Waals surface area contributed by atoms with Gasteiger partial charge < -0.3 is 5.32 Å². The monoisotopic (exact) mass is 210 g/mol. The lowest BCUT2D eigenvalue weighted by molar-refractivity contribution is -0.105. The van der Waals surface area contributed by atoms with Crippen molar-refractivity contribution in [2.45, 2.75) is 6.92 Å². The van der Waals surface area contributed by atoms with Gasteiger partial charge in [0, 0.05) is 0 Å².